The molecule has 0 bridgehead atoms. The van der Waals surface area contributed by atoms with Crippen molar-refractivity contribution in [2.24, 2.45) is 4.99 Å². The molecule has 0 saturated carbocycles. The van der Waals surface area contributed by atoms with Crippen LogP contribution in [0.25, 0.3) is 0 Å². The average Bonchev–Trinajstić information content (AvgIpc) is 2.80. The number of nitrogens with zero attached hydrogens (tertiary/aromatic N) is 1. The summed E-state index contributed by atoms with van der Waals surface area (Å²) in [6.07, 6.45) is 6.57. The summed E-state index contributed by atoms with van der Waals surface area (Å²) in [7, 11) is 0. The largest absolute Gasteiger partial charge is 0.494 e. The lowest BCUT2D eigenvalue weighted by atomic mass is 10.2. The van der Waals surface area contributed by atoms with E-state index in [9.17, 15) is 4.79 Å². The third kappa shape index (κ3) is 7.37. The van der Waals surface area contributed by atoms with Crippen LogP contribution in [0.5, 0.6) is 11.5 Å². The van der Waals surface area contributed by atoms with Gasteiger partial charge in [-0.3, -0.25) is 4.99 Å². The van der Waals surface area contributed by atoms with Gasteiger partial charge in [-0.2, -0.15) is 0 Å². The van der Waals surface area contributed by atoms with Gasteiger partial charge in [-0.25, -0.2) is 4.79 Å². The summed E-state index contributed by atoms with van der Waals surface area (Å²) in [5.74, 6) is 0.956. The third-order valence-corrected chi connectivity index (χ3v) is 5.31. The number of esters is 1. The van der Waals surface area contributed by atoms with Gasteiger partial charge in [-0.1, -0.05) is 38.3 Å². The van der Waals surface area contributed by atoms with Crippen LogP contribution in [0, 0.1) is 0 Å². The topological polar surface area (TPSA) is 47.9 Å². The molecule has 3 aromatic rings. The number of aliphatic imine (C=N–C) groups is 1. The highest BCUT2D eigenvalue weighted by molar-refractivity contribution is 9.10. The van der Waals surface area contributed by atoms with Gasteiger partial charge in [0.25, 0.3) is 0 Å². The maximum absolute atomic E-state index is 12.3. The van der Waals surface area contributed by atoms with Crippen LogP contribution in [-0.4, -0.2) is 18.8 Å². The number of rotatable bonds is 10. The van der Waals surface area contributed by atoms with Gasteiger partial charge in [-0.05, 0) is 88.6 Å². The Bertz CT molecular complexity index is 998. The molecule has 0 heterocycles. The Morgan fingerprint density at radius 1 is 0.935 bits per heavy atom. The minimum absolute atomic E-state index is 0.410. The van der Waals surface area contributed by atoms with Gasteiger partial charge < -0.3 is 9.47 Å². The summed E-state index contributed by atoms with van der Waals surface area (Å²) >= 11 is 3.37. The van der Waals surface area contributed by atoms with Gasteiger partial charge in [0.05, 0.1) is 22.3 Å². The Balaban J connectivity index is 1.52. The Hall–Kier alpha value is -2.92. The molecule has 160 valence electrons. The SMILES string of the molecule is CCCCCCOc1ccc(C=Nc2ccc(C(=O)Oc3ccccc3Br)cc2)cc1. The van der Waals surface area contributed by atoms with Crippen molar-refractivity contribution in [3.8, 4) is 11.5 Å². The molecule has 0 aromatic heterocycles. The zero-order chi connectivity index (χ0) is 21.9. The van der Waals surface area contributed by atoms with Gasteiger partial charge in [0.15, 0.2) is 0 Å². The van der Waals surface area contributed by atoms with Gasteiger partial charge in [0, 0.05) is 6.21 Å². The molecule has 0 unspecified atom stereocenters. The predicted octanol–water partition coefficient (Wildman–Crippen LogP) is 7.38. The van der Waals surface area contributed by atoms with E-state index < -0.39 is 5.97 Å². The molecule has 31 heavy (non-hydrogen) atoms. The second kappa shape index (κ2) is 12.1. The number of carbonyl (C=O) groups excluding carboxylic acids is 1. The molecule has 0 N–H and O–H groups in total. The van der Waals surface area contributed by atoms with Crippen LogP contribution in [0.4, 0.5) is 5.69 Å². The fourth-order valence-corrected chi connectivity index (χ4v) is 3.25. The number of hydrogen-bond acceptors (Lipinski definition) is 4. The van der Waals surface area contributed by atoms with E-state index in [1.807, 2.05) is 42.5 Å². The standard InChI is InChI=1S/C26H26BrNO3/c1-2-3-4-7-18-30-23-16-10-20(11-17-23)19-28-22-14-12-21(13-15-22)26(29)31-25-9-6-5-8-24(25)27/h5-6,8-17,19H,2-4,7,18H2,1H3. The number of halogens is 1. The van der Waals surface area contributed by atoms with E-state index in [-0.39, 0.29) is 0 Å². The molecule has 0 fully saturated rings. The number of hydrogen-bond donors (Lipinski definition) is 0. The molecule has 0 saturated heterocycles. The van der Waals surface area contributed by atoms with Gasteiger partial charge in [-0.15, -0.1) is 0 Å². The van der Waals surface area contributed by atoms with Gasteiger partial charge in [0.2, 0.25) is 0 Å². The van der Waals surface area contributed by atoms with E-state index in [0.717, 1.165) is 34.5 Å². The van der Waals surface area contributed by atoms with Crippen molar-refractivity contribution in [1.29, 1.82) is 0 Å². The lowest BCUT2D eigenvalue weighted by Gasteiger charge is -2.06. The van der Waals surface area contributed by atoms with E-state index in [4.69, 9.17) is 9.47 Å². The molecule has 0 aliphatic carbocycles. The van der Waals surface area contributed by atoms with Crippen LogP contribution in [0.15, 0.2) is 82.3 Å². The Morgan fingerprint density at radius 3 is 2.39 bits per heavy atom. The molecule has 0 aliphatic rings. The molecule has 4 nitrogen and oxygen atoms in total. The second-order valence-electron chi connectivity index (χ2n) is 7.10. The number of ether oxygens (including phenoxy) is 2. The lowest BCUT2D eigenvalue weighted by molar-refractivity contribution is 0.0733. The zero-order valence-electron chi connectivity index (χ0n) is 17.6. The van der Waals surface area contributed by atoms with Gasteiger partial charge in [0.1, 0.15) is 11.5 Å². The summed E-state index contributed by atoms with van der Waals surface area (Å²) < 4.78 is 11.9. The van der Waals surface area contributed by atoms with Crippen molar-refractivity contribution in [2.75, 3.05) is 6.61 Å². The van der Waals surface area contributed by atoms with E-state index in [2.05, 4.69) is 27.8 Å². The predicted molar refractivity (Wildman–Crippen MR) is 129 cm³/mol. The van der Waals surface area contributed by atoms with Crippen LogP contribution in [0.3, 0.4) is 0 Å². The van der Waals surface area contributed by atoms with E-state index in [1.165, 1.54) is 19.3 Å². The van der Waals surface area contributed by atoms with E-state index >= 15 is 0 Å². The third-order valence-electron chi connectivity index (χ3n) is 4.65. The molecule has 0 amide bonds. The number of carbonyl (C=O) groups is 1. The van der Waals surface area contributed by atoms with Crippen molar-refractivity contribution in [3.63, 3.8) is 0 Å². The van der Waals surface area contributed by atoms with Crippen LogP contribution in [0.1, 0.15) is 48.5 Å². The van der Waals surface area contributed by atoms with Crippen LogP contribution < -0.4 is 9.47 Å². The lowest BCUT2D eigenvalue weighted by Crippen LogP contribution is -2.08. The first-order chi connectivity index (χ1) is 15.2. The van der Waals surface area contributed by atoms with Crippen LogP contribution in [-0.2, 0) is 0 Å². The minimum Gasteiger partial charge on any atom is -0.494 e. The molecule has 5 heteroatoms. The van der Waals surface area contributed by atoms with Crippen LogP contribution >= 0.6 is 15.9 Å². The van der Waals surface area contributed by atoms with E-state index in [0.29, 0.717) is 11.3 Å². The summed E-state index contributed by atoms with van der Waals surface area (Å²) in [6.45, 7) is 2.96. The monoisotopic (exact) mass is 479 g/mol. The van der Waals surface area contributed by atoms with Crippen molar-refractivity contribution in [2.45, 2.75) is 32.6 Å². The normalized spacial score (nSPS) is 10.9. The molecule has 3 aromatic carbocycles. The minimum atomic E-state index is -0.410. The quantitative estimate of drug-likeness (QED) is 0.132. The average molecular weight is 480 g/mol. The molecular formula is C26H26BrNO3. The highest BCUT2D eigenvalue weighted by Gasteiger charge is 2.10. The molecule has 0 spiro atoms. The van der Waals surface area contributed by atoms with Crippen molar-refractivity contribution in [3.05, 3.63) is 88.4 Å². The van der Waals surface area contributed by atoms with Crippen molar-refractivity contribution in [1.82, 2.24) is 0 Å². The van der Waals surface area contributed by atoms with Crippen LogP contribution in [0.2, 0.25) is 0 Å². The molecule has 0 radical (unpaired) electrons. The smallest absolute Gasteiger partial charge is 0.343 e. The first-order valence-corrected chi connectivity index (χ1v) is 11.3. The molecular weight excluding hydrogens is 454 g/mol. The highest BCUT2D eigenvalue weighted by atomic mass is 79.9. The highest BCUT2D eigenvalue weighted by Crippen LogP contribution is 2.25. The Morgan fingerprint density at radius 2 is 1.68 bits per heavy atom. The summed E-state index contributed by atoms with van der Waals surface area (Å²) in [5.41, 5.74) is 2.21. The maximum Gasteiger partial charge on any atom is 0.343 e. The molecule has 0 aliphatic heterocycles. The maximum atomic E-state index is 12.3. The zero-order valence-corrected chi connectivity index (χ0v) is 19.2. The summed E-state index contributed by atoms with van der Waals surface area (Å²) in [5, 5.41) is 0. The Labute approximate surface area is 192 Å². The van der Waals surface area contributed by atoms with Crippen molar-refractivity contribution < 1.29 is 14.3 Å². The number of para-hydroxylation sites is 1. The molecule has 3 rings (SSSR count). The first kappa shape index (κ1) is 22.8. The fourth-order valence-electron chi connectivity index (χ4n) is 2.89. The second-order valence-corrected chi connectivity index (χ2v) is 7.96. The fraction of sp³-hybridized carbons (Fsp3) is 0.231. The van der Waals surface area contributed by atoms with Crippen molar-refractivity contribution >= 4 is 33.8 Å². The summed E-state index contributed by atoms with van der Waals surface area (Å²) in [4.78, 5) is 16.8. The summed E-state index contributed by atoms with van der Waals surface area (Å²) in [6, 6.07) is 22.1. The number of benzene rings is 3. The molecule has 0 atom stereocenters. The van der Waals surface area contributed by atoms with E-state index in [1.54, 1.807) is 36.5 Å². The van der Waals surface area contributed by atoms with Gasteiger partial charge >= 0.3 is 5.97 Å². The first-order valence-electron chi connectivity index (χ1n) is 10.5. The Kier molecular flexibility index (Phi) is 8.85. The number of unbranched alkanes of at least 4 members (excludes halogenated alkanes) is 3.